The van der Waals surface area contributed by atoms with Gasteiger partial charge in [-0.25, -0.2) is 4.85 Å². The molecule has 4 heteroatoms. The van der Waals surface area contributed by atoms with Gasteiger partial charge in [-0.3, -0.25) is 0 Å². The SMILES string of the molecule is [C-]#[N+]c1ccc2c(c1)c1cc(C#N)ccc1n2-c1cccc(-c2cccc(N3c4ccccc4C(C)(C)c4ccccc43)c2)c1. The van der Waals surface area contributed by atoms with Gasteiger partial charge in [-0.2, -0.15) is 5.26 Å². The van der Waals surface area contributed by atoms with Crippen LogP contribution in [0.1, 0.15) is 30.5 Å². The van der Waals surface area contributed by atoms with Crippen LogP contribution in [-0.4, -0.2) is 4.57 Å². The molecule has 1 aliphatic rings. The van der Waals surface area contributed by atoms with E-state index in [0.717, 1.165) is 44.3 Å². The fraction of sp³-hybridized carbons (Fsp3) is 0.0732. The first-order valence-corrected chi connectivity index (χ1v) is 15.0. The Bertz CT molecular complexity index is 2280. The van der Waals surface area contributed by atoms with Gasteiger partial charge in [0, 0.05) is 22.2 Å². The molecule has 0 N–H and O–H groups in total. The molecule has 212 valence electrons. The summed E-state index contributed by atoms with van der Waals surface area (Å²) >= 11 is 0. The molecule has 2 heterocycles. The third-order valence-corrected chi connectivity index (χ3v) is 9.19. The molecule has 0 saturated carbocycles. The fourth-order valence-electron chi connectivity index (χ4n) is 7.02. The summed E-state index contributed by atoms with van der Waals surface area (Å²) in [6, 6.07) is 48.6. The smallest absolute Gasteiger partial charge is 0.188 e. The second kappa shape index (κ2) is 9.98. The molecule has 1 aromatic heterocycles. The van der Waals surface area contributed by atoms with E-state index in [9.17, 15) is 5.26 Å². The Morgan fingerprint density at radius 1 is 0.622 bits per heavy atom. The van der Waals surface area contributed by atoms with Crippen molar-refractivity contribution in [1.82, 2.24) is 4.57 Å². The van der Waals surface area contributed by atoms with Crippen molar-refractivity contribution in [1.29, 1.82) is 5.26 Å². The third-order valence-electron chi connectivity index (χ3n) is 9.19. The minimum atomic E-state index is -0.110. The van der Waals surface area contributed by atoms with Crippen molar-refractivity contribution in [3.05, 3.63) is 162 Å². The summed E-state index contributed by atoms with van der Waals surface area (Å²) in [4.78, 5) is 6.05. The molecule has 45 heavy (non-hydrogen) atoms. The van der Waals surface area contributed by atoms with Gasteiger partial charge < -0.3 is 9.47 Å². The van der Waals surface area contributed by atoms with Gasteiger partial charge in [0.2, 0.25) is 0 Å². The Kier molecular flexibility index (Phi) is 5.88. The van der Waals surface area contributed by atoms with Crippen LogP contribution < -0.4 is 4.90 Å². The number of benzene rings is 6. The fourth-order valence-corrected chi connectivity index (χ4v) is 7.02. The lowest BCUT2D eigenvalue weighted by atomic mass is 9.73. The molecule has 1 aliphatic heterocycles. The third kappa shape index (κ3) is 4.04. The lowest BCUT2D eigenvalue weighted by Gasteiger charge is -2.42. The topological polar surface area (TPSA) is 36.3 Å². The summed E-state index contributed by atoms with van der Waals surface area (Å²) in [7, 11) is 0. The van der Waals surface area contributed by atoms with E-state index in [-0.39, 0.29) is 5.41 Å². The van der Waals surface area contributed by atoms with Crippen LogP contribution in [0.4, 0.5) is 22.7 Å². The molecule has 0 fully saturated rings. The van der Waals surface area contributed by atoms with Gasteiger partial charge >= 0.3 is 0 Å². The Labute approximate surface area is 262 Å². The average Bonchev–Trinajstić information content (AvgIpc) is 3.41. The van der Waals surface area contributed by atoms with E-state index in [2.05, 4.69) is 131 Å². The molecule has 6 aromatic carbocycles. The first-order chi connectivity index (χ1) is 22.0. The number of nitrogens with zero attached hydrogens (tertiary/aromatic N) is 4. The van der Waals surface area contributed by atoms with Gasteiger partial charge in [-0.1, -0.05) is 80.6 Å². The van der Waals surface area contributed by atoms with Crippen LogP contribution in [0.5, 0.6) is 0 Å². The van der Waals surface area contributed by atoms with E-state index in [4.69, 9.17) is 6.57 Å². The molecule has 7 aromatic rings. The zero-order valence-electron chi connectivity index (χ0n) is 25.0. The minimum Gasteiger partial charge on any atom is -0.310 e. The largest absolute Gasteiger partial charge is 0.310 e. The quantitative estimate of drug-likeness (QED) is 0.196. The Morgan fingerprint density at radius 2 is 1.20 bits per heavy atom. The molecule has 0 saturated heterocycles. The number of para-hydroxylation sites is 2. The Balaban J connectivity index is 1.28. The standard InChI is InChI=1S/C41H28N4/c1-41(2)35-14-4-6-16-39(35)45(40-17-7-5-15-36(40)41)32-13-9-11-29(24-32)28-10-8-12-31(23-28)44-37-20-18-27(26-42)22-33(37)34-25-30(43-3)19-21-38(34)44/h4-25H,1-2H3. The molecule has 0 bridgehead atoms. The molecule has 0 aliphatic carbocycles. The number of hydrogen-bond acceptors (Lipinski definition) is 2. The van der Waals surface area contributed by atoms with Gasteiger partial charge in [0.05, 0.1) is 40.6 Å². The Morgan fingerprint density at radius 3 is 1.84 bits per heavy atom. The average molecular weight is 577 g/mol. The van der Waals surface area contributed by atoms with Crippen molar-refractivity contribution < 1.29 is 0 Å². The zero-order chi connectivity index (χ0) is 30.7. The lowest BCUT2D eigenvalue weighted by molar-refractivity contribution is 0.632. The summed E-state index contributed by atoms with van der Waals surface area (Å²) in [5.74, 6) is 0. The number of fused-ring (bicyclic) bond motifs is 5. The van der Waals surface area contributed by atoms with Gasteiger partial charge in [0.1, 0.15) is 0 Å². The van der Waals surface area contributed by atoms with Crippen molar-refractivity contribution in [2.24, 2.45) is 0 Å². The monoisotopic (exact) mass is 576 g/mol. The summed E-state index contributed by atoms with van der Waals surface area (Å²) in [6.45, 7) is 12.2. The van der Waals surface area contributed by atoms with E-state index < -0.39 is 0 Å². The van der Waals surface area contributed by atoms with Crippen molar-refractivity contribution in [2.45, 2.75) is 19.3 Å². The zero-order valence-corrected chi connectivity index (χ0v) is 25.0. The van der Waals surface area contributed by atoms with Crippen LogP contribution >= 0.6 is 0 Å². The van der Waals surface area contributed by atoms with E-state index >= 15 is 0 Å². The van der Waals surface area contributed by atoms with Crippen molar-refractivity contribution >= 4 is 44.6 Å². The molecule has 0 amide bonds. The predicted octanol–water partition coefficient (Wildman–Crippen LogP) is 11.0. The first kappa shape index (κ1) is 26.5. The second-order valence-electron chi connectivity index (χ2n) is 12.1. The molecule has 0 atom stereocenters. The molecule has 4 nitrogen and oxygen atoms in total. The van der Waals surface area contributed by atoms with Gasteiger partial charge in [-0.15, -0.1) is 0 Å². The molecule has 0 unspecified atom stereocenters. The van der Waals surface area contributed by atoms with Gasteiger partial charge in [0.15, 0.2) is 5.69 Å². The van der Waals surface area contributed by atoms with Gasteiger partial charge in [0.25, 0.3) is 0 Å². The number of hydrogen-bond donors (Lipinski definition) is 0. The van der Waals surface area contributed by atoms with Crippen LogP contribution in [0, 0.1) is 17.9 Å². The Hall–Kier alpha value is -6.10. The number of nitriles is 1. The summed E-state index contributed by atoms with van der Waals surface area (Å²) in [5, 5.41) is 11.5. The summed E-state index contributed by atoms with van der Waals surface area (Å²) in [5.41, 5.74) is 12.5. The summed E-state index contributed by atoms with van der Waals surface area (Å²) in [6.07, 6.45) is 0. The van der Waals surface area contributed by atoms with E-state index in [1.54, 1.807) is 0 Å². The molecular formula is C41H28N4. The highest BCUT2D eigenvalue weighted by molar-refractivity contribution is 6.10. The first-order valence-electron chi connectivity index (χ1n) is 15.0. The lowest BCUT2D eigenvalue weighted by Crippen LogP contribution is -2.30. The highest BCUT2D eigenvalue weighted by Crippen LogP contribution is 2.51. The molecular weight excluding hydrogens is 548 g/mol. The van der Waals surface area contributed by atoms with Crippen LogP contribution in [0.2, 0.25) is 0 Å². The predicted molar refractivity (Wildman–Crippen MR) is 184 cm³/mol. The van der Waals surface area contributed by atoms with Crippen molar-refractivity contribution in [2.75, 3.05) is 4.90 Å². The van der Waals surface area contributed by atoms with Crippen molar-refractivity contribution in [3.63, 3.8) is 0 Å². The highest BCUT2D eigenvalue weighted by Gasteiger charge is 2.36. The minimum absolute atomic E-state index is 0.110. The molecule has 8 rings (SSSR count). The molecule has 0 radical (unpaired) electrons. The van der Waals surface area contributed by atoms with Gasteiger partial charge in [-0.05, 0) is 94.4 Å². The summed E-state index contributed by atoms with van der Waals surface area (Å²) < 4.78 is 2.23. The highest BCUT2D eigenvalue weighted by atomic mass is 15.2. The van der Waals surface area contributed by atoms with E-state index in [1.165, 1.54) is 22.5 Å². The number of rotatable bonds is 3. The van der Waals surface area contributed by atoms with Crippen LogP contribution in [0.3, 0.4) is 0 Å². The van der Waals surface area contributed by atoms with Crippen molar-refractivity contribution in [3.8, 4) is 22.9 Å². The maximum atomic E-state index is 9.60. The van der Waals surface area contributed by atoms with E-state index in [0.29, 0.717) is 11.3 Å². The number of anilines is 3. The maximum Gasteiger partial charge on any atom is 0.188 e. The maximum absolute atomic E-state index is 9.60. The van der Waals surface area contributed by atoms with Crippen LogP contribution in [-0.2, 0) is 5.41 Å². The normalized spacial score (nSPS) is 13.2. The second-order valence-corrected chi connectivity index (χ2v) is 12.1. The van der Waals surface area contributed by atoms with E-state index in [1.807, 2.05) is 36.4 Å². The molecule has 0 spiro atoms. The van der Waals surface area contributed by atoms with Crippen LogP contribution in [0.25, 0.3) is 43.5 Å². The number of aromatic nitrogens is 1. The van der Waals surface area contributed by atoms with Crippen LogP contribution in [0.15, 0.2) is 133 Å².